The molecule has 1 aliphatic heterocycles. The smallest absolute Gasteiger partial charge is 0.132 e. The first-order valence-electron chi connectivity index (χ1n) is 5.85. The molecule has 0 aromatic carbocycles. The Hall–Kier alpha value is -1.81. The minimum atomic E-state index is 0.781. The van der Waals surface area contributed by atoms with E-state index >= 15 is 0 Å². The highest BCUT2D eigenvalue weighted by Gasteiger charge is 2.11. The third kappa shape index (κ3) is 2.31. The van der Waals surface area contributed by atoms with Crippen molar-refractivity contribution in [2.45, 2.75) is 19.4 Å². The summed E-state index contributed by atoms with van der Waals surface area (Å²) in [5.74, 6) is 0.900. The van der Waals surface area contributed by atoms with Crippen LogP contribution in [0, 0.1) is 0 Å². The molecule has 4 heteroatoms. The van der Waals surface area contributed by atoms with Crippen molar-refractivity contribution < 1.29 is 0 Å². The normalized spacial score (nSPS) is 14.4. The largest absolute Gasteiger partial charge is 0.312 e. The van der Waals surface area contributed by atoms with Gasteiger partial charge in [0.25, 0.3) is 0 Å². The second-order valence-corrected chi connectivity index (χ2v) is 4.22. The zero-order valence-electron chi connectivity index (χ0n) is 9.56. The van der Waals surface area contributed by atoms with Crippen molar-refractivity contribution in [3.63, 3.8) is 0 Å². The molecular formula is C13H14N4. The third-order valence-corrected chi connectivity index (χ3v) is 2.97. The first kappa shape index (κ1) is 10.4. The zero-order valence-corrected chi connectivity index (χ0v) is 9.56. The van der Waals surface area contributed by atoms with E-state index in [4.69, 9.17) is 0 Å². The lowest BCUT2D eigenvalue weighted by molar-refractivity contribution is 0.621. The highest BCUT2D eigenvalue weighted by molar-refractivity contribution is 5.22. The van der Waals surface area contributed by atoms with E-state index in [0.29, 0.717) is 0 Å². The molecule has 2 aromatic heterocycles. The van der Waals surface area contributed by atoms with Crippen LogP contribution < -0.4 is 5.32 Å². The van der Waals surface area contributed by atoms with Crippen LogP contribution in [0.1, 0.15) is 22.6 Å². The van der Waals surface area contributed by atoms with Crippen LogP contribution in [0.25, 0.3) is 0 Å². The first-order chi connectivity index (χ1) is 8.42. The molecule has 0 fully saturated rings. The van der Waals surface area contributed by atoms with E-state index in [9.17, 15) is 0 Å². The maximum absolute atomic E-state index is 4.64. The molecule has 0 bridgehead atoms. The Morgan fingerprint density at radius 2 is 2.12 bits per heavy atom. The molecule has 2 aromatic rings. The molecule has 4 nitrogen and oxygen atoms in total. The molecule has 0 saturated heterocycles. The van der Waals surface area contributed by atoms with Crippen LogP contribution in [0.2, 0.25) is 0 Å². The van der Waals surface area contributed by atoms with Crippen molar-refractivity contribution in [2.75, 3.05) is 6.54 Å². The van der Waals surface area contributed by atoms with Crippen molar-refractivity contribution in [1.29, 1.82) is 0 Å². The number of aromatic nitrogens is 3. The summed E-state index contributed by atoms with van der Waals surface area (Å²) in [5.41, 5.74) is 3.63. The summed E-state index contributed by atoms with van der Waals surface area (Å²) in [6.45, 7) is 1.91. The summed E-state index contributed by atoms with van der Waals surface area (Å²) in [4.78, 5) is 13.1. The molecule has 0 amide bonds. The first-order valence-corrected chi connectivity index (χ1v) is 5.85. The van der Waals surface area contributed by atoms with Gasteiger partial charge in [-0.1, -0.05) is 0 Å². The number of rotatable bonds is 2. The predicted molar refractivity (Wildman–Crippen MR) is 64.5 cm³/mol. The van der Waals surface area contributed by atoms with Crippen LogP contribution in [-0.2, 0) is 19.4 Å². The van der Waals surface area contributed by atoms with Gasteiger partial charge in [-0.3, -0.25) is 4.98 Å². The van der Waals surface area contributed by atoms with Gasteiger partial charge < -0.3 is 5.32 Å². The third-order valence-electron chi connectivity index (χ3n) is 2.97. The molecule has 17 heavy (non-hydrogen) atoms. The number of pyridine rings is 1. The van der Waals surface area contributed by atoms with Gasteiger partial charge in [-0.25, -0.2) is 9.97 Å². The molecule has 0 aliphatic carbocycles. The Kier molecular flexibility index (Phi) is 2.80. The number of hydrogen-bond acceptors (Lipinski definition) is 4. The fourth-order valence-electron chi connectivity index (χ4n) is 2.05. The Labute approximate surface area is 100 Å². The van der Waals surface area contributed by atoms with Crippen molar-refractivity contribution in [3.8, 4) is 0 Å². The van der Waals surface area contributed by atoms with E-state index in [1.807, 2.05) is 18.3 Å². The average Bonchev–Trinajstić information content (AvgIpc) is 2.40. The Morgan fingerprint density at radius 3 is 3.00 bits per heavy atom. The van der Waals surface area contributed by atoms with E-state index in [1.165, 1.54) is 16.8 Å². The van der Waals surface area contributed by atoms with E-state index in [-0.39, 0.29) is 0 Å². The number of hydrogen-bond donors (Lipinski definition) is 1. The Morgan fingerprint density at radius 1 is 1.24 bits per heavy atom. The van der Waals surface area contributed by atoms with E-state index < -0.39 is 0 Å². The standard InChI is InChI=1S/C13H14N4/c1-4-14-5-2-10(1)7-13-16-9-11-8-15-6-3-12(11)17-13/h1-2,4-5,9,15H,3,6-8H2. The monoisotopic (exact) mass is 226 g/mol. The van der Waals surface area contributed by atoms with Gasteiger partial charge in [0.1, 0.15) is 5.82 Å². The van der Waals surface area contributed by atoms with E-state index in [1.54, 1.807) is 12.4 Å². The minimum Gasteiger partial charge on any atom is -0.312 e. The SMILES string of the molecule is c1cc(Cc2ncc3c(n2)CCNC3)ccn1. The molecule has 0 radical (unpaired) electrons. The molecule has 1 N–H and O–H groups in total. The molecule has 0 saturated carbocycles. The average molecular weight is 226 g/mol. The highest BCUT2D eigenvalue weighted by Crippen LogP contribution is 2.12. The van der Waals surface area contributed by atoms with Crippen LogP contribution in [-0.4, -0.2) is 21.5 Å². The molecule has 3 heterocycles. The molecular weight excluding hydrogens is 212 g/mol. The van der Waals surface area contributed by atoms with Crippen LogP contribution in [0.4, 0.5) is 0 Å². The minimum absolute atomic E-state index is 0.781. The topological polar surface area (TPSA) is 50.7 Å². The molecule has 3 rings (SSSR count). The lowest BCUT2D eigenvalue weighted by Gasteiger charge is -2.15. The van der Waals surface area contributed by atoms with E-state index in [0.717, 1.165) is 31.8 Å². The number of nitrogens with zero attached hydrogens (tertiary/aromatic N) is 3. The number of nitrogens with one attached hydrogen (secondary N) is 1. The van der Waals surface area contributed by atoms with Crippen molar-refractivity contribution in [2.24, 2.45) is 0 Å². The Bertz CT molecular complexity index is 510. The van der Waals surface area contributed by atoms with Crippen LogP contribution in [0.3, 0.4) is 0 Å². The van der Waals surface area contributed by atoms with Crippen molar-refractivity contribution in [3.05, 3.63) is 53.4 Å². The van der Waals surface area contributed by atoms with Crippen molar-refractivity contribution in [1.82, 2.24) is 20.3 Å². The van der Waals surface area contributed by atoms with Crippen LogP contribution in [0.5, 0.6) is 0 Å². The summed E-state index contributed by atoms with van der Waals surface area (Å²) in [5, 5.41) is 3.32. The lowest BCUT2D eigenvalue weighted by Crippen LogP contribution is -2.25. The molecule has 86 valence electrons. The summed E-state index contributed by atoms with van der Waals surface area (Å²) in [6.07, 6.45) is 7.34. The second kappa shape index (κ2) is 4.59. The second-order valence-electron chi connectivity index (χ2n) is 4.22. The maximum Gasteiger partial charge on any atom is 0.132 e. The molecule has 1 aliphatic rings. The molecule has 0 spiro atoms. The van der Waals surface area contributed by atoms with Gasteiger partial charge >= 0.3 is 0 Å². The quantitative estimate of drug-likeness (QED) is 0.833. The summed E-state index contributed by atoms with van der Waals surface area (Å²) < 4.78 is 0. The van der Waals surface area contributed by atoms with Crippen molar-refractivity contribution >= 4 is 0 Å². The fourth-order valence-corrected chi connectivity index (χ4v) is 2.05. The lowest BCUT2D eigenvalue weighted by atomic mass is 10.1. The van der Waals surface area contributed by atoms with Gasteiger partial charge in [0, 0.05) is 55.8 Å². The summed E-state index contributed by atoms with van der Waals surface area (Å²) >= 11 is 0. The zero-order chi connectivity index (χ0) is 11.5. The van der Waals surface area contributed by atoms with Gasteiger partial charge in [-0.15, -0.1) is 0 Å². The molecule has 0 atom stereocenters. The van der Waals surface area contributed by atoms with Gasteiger partial charge in [0.2, 0.25) is 0 Å². The maximum atomic E-state index is 4.64. The predicted octanol–water partition coefficient (Wildman–Crippen LogP) is 1.11. The highest BCUT2D eigenvalue weighted by atomic mass is 14.9. The van der Waals surface area contributed by atoms with E-state index in [2.05, 4.69) is 20.3 Å². The van der Waals surface area contributed by atoms with Gasteiger partial charge in [0.15, 0.2) is 0 Å². The Balaban J connectivity index is 1.84. The van der Waals surface area contributed by atoms with Gasteiger partial charge in [-0.05, 0) is 17.7 Å². The van der Waals surface area contributed by atoms with Gasteiger partial charge in [-0.2, -0.15) is 0 Å². The number of fused-ring (bicyclic) bond motifs is 1. The summed E-state index contributed by atoms with van der Waals surface area (Å²) in [6, 6.07) is 4.01. The summed E-state index contributed by atoms with van der Waals surface area (Å²) in [7, 11) is 0. The molecule has 0 unspecified atom stereocenters. The van der Waals surface area contributed by atoms with Gasteiger partial charge in [0.05, 0.1) is 0 Å². The fraction of sp³-hybridized carbons (Fsp3) is 0.308. The van der Waals surface area contributed by atoms with Crippen LogP contribution >= 0.6 is 0 Å². The van der Waals surface area contributed by atoms with Crippen LogP contribution in [0.15, 0.2) is 30.7 Å².